The van der Waals surface area contributed by atoms with Gasteiger partial charge in [-0.3, -0.25) is 4.79 Å². The zero-order valence-corrected chi connectivity index (χ0v) is 11.6. The molecule has 0 saturated heterocycles. The number of hydrogen-bond acceptors (Lipinski definition) is 4. The number of carbonyl (C=O) groups excluding carboxylic acids is 1. The summed E-state index contributed by atoms with van der Waals surface area (Å²) in [5.41, 5.74) is 6.44. The smallest absolute Gasteiger partial charge is 0.199 e. The predicted octanol–water partition coefficient (Wildman–Crippen LogP) is 2.74. The van der Waals surface area contributed by atoms with E-state index in [1.807, 2.05) is 18.2 Å². The van der Waals surface area contributed by atoms with E-state index in [9.17, 15) is 4.79 Å². The first-order valence-corrected chi connectivity index (χ1v) is 6.36. The molecule has 18 heavy (non-hydrogen) atoms. The molecule has 2 aromatic rings. The van der Waals surface area contributed by atoms with E-state index in [0.29, 0.717) is 18.0 Å². The highest BCUT2D eigenvalue weighted by molar-refractivity contribution is 9.10. The van der Waals surface area contributed by atoms with Crippen LogP contribution in [0.15, 0.2) is 33.2 Å². The Kier molecular flexibility index (Phi) is 4.16. The lowest BCUT2D eigenvalue weighted by molar-refractivity contribution is 0.0924. The molecule has 1 heterocycles. The molecule has 0 bridgehead atoms. The summed E-state index contributed by atoms with van der Waals surface area (Å²) < 4.78 is 11.3. The summed E-state index contributed by atoms with van der Waals surface area (Å²) in [6.45, 7) is 0.359. The molecule has 0 aliphatic rings. The standard InChI is InChI=1S/C13H14BrNO3/c1-17-7-10(15)6-11(16)13-5-8-4-9(14)2-3-12(8)18-13/h2-5,10H,6-7,15H2,1H3. The van der Waals surface area contributed by atoms with Crippen LogP contribution in [-0.2, 0) is 4.74 Å². The first-order valence-electron chi connectivity index (χ1n) is 5.57. The van der Waals surface area contributed by atoms with Gasteiger partial charge in [-0.1, -0.05) is 15.9 Å². The molecular weight excluding hydrogens is 298 g/mol. The quantitative estimate of drug-likeness (QED) is 0.862. The van der Waals surface area contributed by atoms with Gasteiger partial charge in [0.05, 0.1) is 6.61 Å². The van der Waals surface area contributed by atoms with Crippen molar-refractivity contribution in [3.8, 4) is 0 Å². The van der Waals surface area contributed by atoms with Crippen molar-refractivity contribution in [3.05, 3.63) is 34.5 Å². The Morgan fingerprint density at radius 2 is 2.28 bits per heavy atom. The second-order valence-corrected chi connectivity index (χ2v) is 5.05. The average molecular weight is 312 g/mol. The molecule has 2 N–H and O–H groups in total. The fourth-order valence-electron chi connectivity index (χ4n) is 1.76. The molecule has 0 radical (unpaired) electrons. The fourth-order valence-corrected chi connectivity index (χ4v) is 2.14. The fraction of sp³-hybridized carbons (Fsp3) is 0.308. The number of hydrogen-bond donors (Lipinski definition) is 1. The third kappa shape index (κ3) is 2.98. The number of methoxy groups -OCH3 is 1. The lowest BCUT2D eigenvalue weighted by Gasteiger charge is -2.07. The second-order valence-electron chi connectivity index (χ2n) is 4.14. The van der Waals surface area contributed by atoms with Gasteiger partial charge in [-0.15, -0.1) is 0 Å². The molecular formula is C13H14BrNO3. The van der Waals surface area contributed by atoms with Crippen LogP contribution in [0.1, 0.15) is 17.0 Å². The topological polar surface area (TPSA) is 65.5 Å². The molecule has 2 rings (SSSR count). The highest BCUT2D eigenvalue weighted by atomic mass is 79.9. The molecule has 0 spiro atoms. The molecule has 4 nitrogen and oxygen atoms in total. The molecule has 0 saturated carbocycles. The summed E-state index contributed by atoms with van der Waals surface area (Å²) in [6, 6.07) is 7.04. The van der Waals surface area contributed by atoms with Gasteiger partial charge >= 0.3 is 0 Å². The normalized spacial score (nSPS) is 12.8. The number of nitrogens with two attached hydrogens (primary N) is 1. The van der Waals surface area contributed by atoms with E-state index in [0.717, 1.165) is 9.86 Å². The van der Waals surface area contributed by atoms with Gasteiger partial charge in [0.2, 0.25) is 0 Å². The lowest BCUT2D eigenvalue weighted by Crippen LogP contribution is -2.28. The first kappa shape index (κ1) is 13.3. The van der Waals surface area contributed by atoms with Crippen LogP contribution in [0.3, 0.4) is 0 Å². The summed E-state index contributed by atoms with van der Waals surface area (Å²) in [4.78, 5) is 11.9. The van der Waals surface area contributed by atoms with E-state index in [-0.39, 0.29) is 18.2 Å². The number of furan rings is 1. The molecule has 1 unspecified atom stereocenters. The van der Waals surface area contributed by atoms with Gasteiger partial charge in [0, 0.05) is 29.4 Å². The minimum atomic E-state index is -0.303. The SMILES string of the molecule is COCC(N)CC(=O)c1cc2cc(Br)ccc2o1. The highest BCUT2D eigenvalue weighted by Crippen LogP contribution is 2.24. The predicted molar refractivity (Wildman–Crippen MR) is 72.7 cm³/mol. The molecule has 1 aromatic heterocycles. The Morgan fingerprint density at radius 3 is 3.00 bits per heavy atom. The number of rotatable bonds is 5. The van der Waals surface area contributed by atoms with Gasteiger partial charge in [-0.2, -0.15) is 0 Å². The van der Waals surface area contributed by atoms with Crippen LogP contribution in [-0.4, -0.2) is 25.5 Å². The van der Waals surface area contributed by atoms with Crippen molar-refractivity contribution in [1.82, 2.24) is 0 Å². The van der Waals surface area contributed by atoms with Crippen LogP contribution < -0.4 is 5.73 Å². The van der Waals surface area contributed by atoms with E-state index in [4.69, 9.17) is 14.9 Å². The number of benzene rings is 1. The van der Waals surface area contributed by atoms with Gasteiger partial charge in [0.15, 0.2) is 11.5 Å². The molecule has 96 valence electrons. The number of halogens is 1. The van der Waals surface area contributed by atoms with Crippen molar-refractivity contribution < 1.29 is 13.9 Å². The Hall–Kier alpha value is -1.17. The lowest BCUT2D eigenvalue weighted by atomic mass is 10.1. The second kappa shape index (κ2) is 5.65. The van der Waals surface area contributed by atoms with Crippen molar-refractivity contribution in [3.63, 3.8) is 0 Å². The van der Waals surface area contributed by atoms with E-state index in [2.05, 4.69) is 15.9 Å². The first-order chi connectivity index (χ1) is 8.60. The van der Waals surface area contributed by atoms with Crippen molar-refractivity contribution in [1.29, 1.82) is 0 Å². The van der Waals surface area contributed by atoms with Crippen molar-refractivity contribution in [2.45, 2.75) is 12.5 Å². The van der Waals surface area contributed by atoms with Gasteiger partial charge in [-0.05, 0) is 24.3 Å². The van der Waals surface area contributed by atoms with E-state index < -0.39 is 0 Å². The molecule has 1 aromatic carbocycles. The summed E-state index contributed by atoms with van der Waals surface area (Å²) in [6.07, 6.45) is 0.217. The van der Waals surface area contributed by atoms with E-state index in [1.54, 1.807) is 13.2 Å². The van der Waals surface area contributed by atoms with Gasteiger partial charge in [0.1, 0.15) is 5.58 Å². The van der Waals surface area contributed by atoms with Crippen molar-refractivity contribution in [2.24, 2.45) is 5.73 Å². The Morgan fingerprint density at radius 1 is 1.50 bits per heavy atom. The number of Topliss-reactive ketones (excluding diaryl/α,β-unsaturated/α-hetero) is 1. The van der Waals surface area contributed by atoms with Crippen molar-refractivity contribution >= 4 is 32.7 Å². The van der Waals surface area contributed by atoms with E-state index >= 15 is 0 Å². The molecule has 0 amide bonds. The number of carbonyl (C=O) groups is 1. The minimum Gasteiger partial charge on any atom is -0.453 e. The minimum absolute atomic E-state index is 0.105. The summed E-state index contributed by atoms with van der Waals surface area (Å²) in [5.74, 6) is 0.238. The van der Waals surface area contributed by atoms with Crippen LogP contribution in [0.25, 0.3) is 11.0 Å². The third-order valence-corrected chi connectivity index (χ3v) is 3.07. The van der Waals surface area contributed by atoms with Gasteiger partial charge in [0.25, 0.3) is 0 Å². The van der Waals surface area contributed by atoms with Gasteiger partial charge in [-0.25, -0.2) is 0 Å². The van der Waals surface area contributed by atoms with Crippen LogP contribution in [0.5, 0.6) is 0 Å². The molecule has 0 aliphatic carbocycles. The van der Waals surface area contributed by atoms with E-state index in [1.165, 1.54) is 0 Å². The zero-order valence-electron chi connectivity index (χ0n) is 9.98. The zero-order chi connectivity index (χ0) is 13.1. The van der Waals surface area contributed by atoms with Crippen LogP contribution in [0, 0.1) is 0 Å². The largest absolute Gasteiger partial charge is 0.453 e. The Balaban J connectivity index is 2.18. The number of ketones is 1. The number of ether oxygens (including phenoxy) is 1. The summed E-state index contributed by atoms with van der Waals surface area (Å²) in [5, 5.41) is 0.896. The molecule has 5 heteroatoms. The van der Waals surface area contributed by atoms with Gasteiger partial charge < -0.3 is 14.9 Å². The molecule has 1 atom stereocenters. The highest BCUT2D eigenvalue weighted by Gasteiger charge is 2.16. The summed E-state index contributed by atoms with van der Waals surface area (Å²) >= 11 is 3.38. The maximum absolute atomic E-state index is 11.9. The molecule has 0 fully saturated rings. The molecule has 0 aliphatic heterocycles. The van der Waals surface area contributed by atoms with Crippen LogP contribution in [0.4, 0.5) is 0 Å². The summed E-state index contributed by atoms with van der Waals surface area (Å²) in [7, 11) is 1.56. The number of fused-ring (bicyclic) bond motifs is 1. The maximum Gasteiger partial charge on any atom is 0.199 e. The Labute approximate surface area is 113 Å². The Bertz CT molecular complexity index is 564. The third-order valence-electron chi connectivity index (χ3n) is 2.58. The monoisotopic (exact) mass is 311 g/mol. The maximum atomic E-state index is 11.9. The van der Waals surface area contributed by atoms with Crippen molar-refractivity contribution in [2.75, 3.05) is 13.7 Å². The average Bonchev–Trinajstić information content (AvgIpc) is 2.72. The van der Waals surface area contributed by atoms with Crippen LogP contribution >= 0.6 is 15.9 Å². The van der Waals surface area contributed by atoms with Crippen LogP contribution in [0.2, 0.25) is 0 Å².